The molecule has 3 N–H and O–H groups in total. The summed E-state index contributed by atoms with van der Waals surface area (Å²) < 4.78 is 0. The molecule has 8 nitrogen and oxygen atoms in total. The molecule has 1 unspecified atom stereocenters. The minimum Gasteiger partial charge on any atom is -0.504 e. The van der Waals surface area contributed by atoms with Crippen LogP contribution in [0.1, 0.15) is 67.6 Å². The normalized spacial score (nSPS) is 16.8. The van der Waals surface area contributed by atoms with Gasteiger partial charge in [0, 0.05) is 25.2 Å². The zero-order valence-electron chi connectivity index (χ0n) is 19.9. The first-order valence-corrected chi connectivity index (χ1v) is 11.5. The monoisotopic (exact) mass is 454 g/mol. The number of nitrogens with one attached hydrogen (secondary N) is 1. The smallest absolute Gasteiger partial charge is 0.322 e. The van der Waals surface area contributed by atoms with Crippen molar-refractivity contribution in [2.75, 3.05) is 24.5 Å². The molecule has 0 radical (unpaired) electrons. The number of carbonyl (C=O) groups excluding carboxylic acids is 1. The number of amides is 1. The van der Waals surface area contributed by atoms with Gasteiger partial charge in [-0.1, -0.05) is 32.9 Å². The second kappa shape index (κ2) is 10.2. The Balaban J connectivity index is 1.66. The van der Waals surface area contributed by atoms with Gasteiger partial charge in [0.15, 0.2) is 11.4 Å². The lowest BCUT2D eigenvalue weighted by Crippen LogP contribution is -2.30. The standard InChI is InChI=1S/C25H34N4O4/c1-16-23(32)22(24(33)26-15-21(30)31)28-20(27-16)14-17-6-5-12-29(13-11-17)19-9-7-18(8-10-19)25(2,3)4/h7-10,17,32H,5-6,11-15H2,1-4H3,(H,26,33)(H,30,31). The summed E-state index contributed by atoms with van der Waals surface area (Å²) in [6, 6.07) is 8.83. The van der Waals surface area contributed by atoms with E-state index in [0.717, 1.165) is 32.4 Å². The van der Waals surface area contributed by atoms with Gasteiger partial charge in [-0.25, -0.2) is 9.97 Å². The van der Waals surface area contributed by atoms with Gasteiger partial charge in [0.2, 0.25) is 0 Å². The predicted molar refractivity (Wildman–Crippen MR) is 127 cm³/mol. The Hall–Kier alpha value is -3.16. The highest BCUT2D eigenvalue weighted by Gasteiger charge is 2.23. The highest BCUT2D eigenvalue weighted by atomic mass is 16.4. The number of carboxylic acid groups (broad SMARTS) is 1. The molecule has 2 heterocycles. The van der Waals surface area contributed by atoms with Crippen LogP contribution in [0.15, 0.2) is 24.3 Å². The van der Waals surface area contributed by atoms with Crippen LogP contribution >= 0.6 is 0 Å². The second-order valence-electron chi connectivity index (χ2n) is 9.78. The van der Waals surface area contributed by atoms with Gasteiger partial charge >= 0.3 is 5.97 Å². The molecule has 8 heteroatoms. The van der Waals surface area contributed by atoms with Gasteiger partial charge in [0.1, 0.15) is 12.4 Å². The molecule has 0 saturated carbocycles. The predicted octanol–water partition coefficient (Wildman–Crippen LogP) is 3.45. The van der Waals surface area contributed by atoms with E-state index in [1.165, 1.54) is 11.3 Å². The first kappa shape index (κ1) is 24.5. The van der Waals surface area contributed by atoms with Crippen molar-refractivity contribution in [3.8, 4) is 5.75 Å². The average Bonchev–Trinajstić information content (AvgIpc) is 2.99. The summed E-state index contributed by atoms with van der Waals surface area (Å²) in [5, 5.41) is 21.2. The van der Waals surface area contributed by atoms with E-state index < -0.39 is 18.4 Å². The number of benzene rings is 1. The lowest BCUT2D eigenvalue weighted by Gasteiger charge is -2.25. The summed E-state index contributed by atoms with van der Waals surface area (Å²) in [6.45, 7) is 9.65. The molecule has 2 aromatic rings. The number of nitrogens with zero attached hydrogens (tertiary/aromatic N) is 3. The van der Waals surface area contributed by atoms with Crippen molar-refractivity contribution < 1.29 is 19.8 Å². The van der Waals surface area contributed by atoms with E-state index in [4.69, 9.17) is 5.11 Å². The van der Waals surface area contributed by atoms with Crippen LogP contribution in [0.4, 0.5) is 5.69 Å². The average molecular weight is 455 g/mol. The SMILES string of the molecule is Cc1nc(CC2CCCN(c3ccc(C(C)(C)C)cc3)CC2)nc(C(=O)NCC(=O)O)c1O. The van der Waals surface area contributed by atoms with Crippen LogP contribution in [-0.2, 0) is 16.6 Å². The number of aryl methyl sites for hydroxylation is 1. The Kier molecular flexibility index (Phi) is 7.56. The number of carbonyl (C=O) groups is 2. The van der Waals surface area contributed by atoms with Crippen LogP contribution in [0.3, 0.4) is 0 Å². The molecule has 178 valence electrons. The van der Waals surface area contributed by atoms with Crippen LogP contribution < -0.4 is 10.2 Å². The van der Waals surface area contributed by atoms with Gasteiger partial charge in [-0.3, -0.25) is 9.59 Å². The van der Waals surface area contributed by atoms with Crippen molar-refractivity contribution >= 4 is 17.6 Å². The van der Waals surface area contributed by atoms with Crippen molar-refractivity contribution in [2.45, 2.75) is 58.8 Å². The van der Waals surface area contributed by atoms with E-state index in [2.05, 4.69) is 65.2 Å². The summed E-state index contributed by atoms with van der Waals surface area (Å²) >= 11 is 0. The molecular formula is C25H34N4O4. The molecule has 1 aromatic carbocycles. The van der Waals surface area contributed by atoms with Crippen LogP contribution in [0.5, 0.6) is 5.75 Å². The minimum absolute atomic E-state index is 0.133. The highest BCUT2D eigenvalue weighted by Crippen LogP contribution is 2.28. The number of hydrogen-bond donors (Lipinski definition) is 3. The quantitative estimate of drug-likeness (QED) is 0.612. The molecule has 1 atom stereocenters. The van der Waals surface area contributed by atoms with Gasteiger partial charge in [0.25, 0.3) is 5.91 Å². The molecule has 0 spiro atoms. The zero-order valence-corrected chi connectivity index (χ0v) is 19.9. The number of hydrogen-bond acceptors (Lipinski definition) is 6. The summed E-state index contributed by atoms with van der Waals surface area (Å²) in [5.41, 5.74) is 2.83. The minimum atomic E-state index is -1.16. The molecule has 1 aliphatic rings. The van der Waals surface area contributed by atoms with E-state index in [0.29, 0.717) is 23.9 Å². The van der Waals surface area contributed by atoms with Gasteiger partial charge in [-0.05, 0) is 55.2 Å². The number of aromatic nitrogens is 2. The maximum atomic E-state index is 12.3. The van der Waals surface area contributed by atoms with E-state index in [1.807, 2.05) is 0 Å². The third kappa shape index (κ3) is 6.43. The van der Waals surface area contributed by atoms with Gasteiger partial charge in [-0.2, -0.15) is 0 Å². The maximum Gasteiger partial charge on any atom is 0.322 e. The lowest BCUT2D eigenvalue weighted by molar-refractivity contribution is -0.135. The fourth-order valence-corrected chi connectivity index (χ4v) is 4.17. The summed E-state index contributed by atoms with van der Waals surface area (Å²) in [6.07, 6.45) is 3.66. The van der Waals surface area contributed by atoms with Crippen molar-refractivity contribution in [3.05, 3.63) is 47.0 Å². The van der Waals surface area contributed by atoms with E-state index in [1.54, 1.807) is 6.92 Å². The Labute approximate surface area is 195 Å². The largest absolute Gasteiger partial charge is 0.504 e. The Morgan fingerprint density at radius 2 is 1.82 bits per heavy atom. The van der Waals surface area contributed by atoms with Crippen LogP contribution in [0, 0.1) is 12.8 Å². The summed E-state index contributed by atoms with van der Waals surface area (Å²) in [7, 11) is 0. The number of aromatic hydroxyl groups is 1. The number of rotatable bonds is 6. The summed E-state index contributed by atoms with van der Waals surface area (Å²) in [5.74, 6) is -1.33. The maximum absolute atomic E-state index is 12.3. The number of carboxylic acids is 1. The van der Waals surface area contributed by atoms with Crippen molar-refractivity contribution in [1.82, 2.24) is 15.3 Å². The molecule has 1 aromatic heterocycles. The molecule has 0 bridgehead atoms. The Bertz CT molecular complexity index is 999. The van der Waals surface area contributed by atoms with E-state index >= 15 is 0 Å². The first-order chi connectivity index (χ1) is 15.5. The van der Waals surface area contributed by atoms with Gasteiger partial charge in [-0.15, -0.1) is 0 Å². The second-order valence-corrected chi connectivity index (χ2v) is 9.78. The van der Waals surface area contributed by atoms with Crippen molar-refractivity contribution in [3.63, 3.8) is 0 Å². The van der Waals surface area contributed by atoms with Gasteiger partial charge in [0.05, 0.1) is 5.69 Å². The molecular weight excluding hydrogens is 420 g/mol. The topological polar surface area (TPSA) is 116 Å². The van der Waals surface area contributed by atoms with Crippen LogP contribution in [-0.4, -0.2) is 51.7 Å². The Morgan fingerprint density at radius 1 is 1.12 bits per heavy atom. The fourth-order valence-electron chi connectivity index (χ4n) is 4.17. The molecule has 33 heavy (non-hydrogen) atoms. The molecule has 1 aliphatic heterocycles. The molecule has 0 aliphatic carbocycles. The molecule has 1 saturated heterocycles. The van der Waals surface area contributed by atoms with Gasteiger partial charge < -0.3 is 20.4 Å². The molecule has 1 amide bonds. The molecule has 3 rings (SSSR count). The zero-order chi connectivity index (χ0) is 24.2. The van der Waals surface area contributed by atoms with E-state index in [9.17, 15) is 14.7 Å². The fraction of sp³-hybridized carbons (Fsp3) is 0.520. The lowest BCUT2D eigenvalue weighted by atomic mass is 9.87. The van der Waals surface area contributed by atoms with Crippen LogP contribution in [0.25, 0.3) is 0 Å². The number of aliphatic carboxylic acids is 1. The summed E-state index contributed by atoms with van der Waals surface area (Å²) in [4.78, 5) is 34.1. The van der Waals surface area contributed by atoms with E-state index in [-0.39, 0.29) is 16.9 Å². The van der Waals surface area contributed by atoms with Crippen LogP contribution in [0.2, 0.25) is 0 Å². The molecule has 1 fully saturated rings. The highest BCUT2D eigenvalue weighted by molar-refractivity contribution is 5.96. The van der Waals surface area contributed by atoms with Crippen molar-refractivity contribution in [1.29, 1.82) is 0 Å². The first-order valence-electron chi connectivity index (χ1n) is 11.5. The third-order valence-corrected chi connectivity index (χ3v) is 6.14. The Morgan fingerprint density at radius 3 is 2.45 bits per heavy atom. The van der Waals surface area contributed by atoms with Crippen molar-refractivity contribution in [2.24, 2.45) is 5.92 Å². The number of anilines is 1. The third-order valence-electron chi connectivity index (χ3n) is 6.14.